The quantitative estimate of drug-likeness (QED) is 0.420. The fourth-order valence-corrected chi connectivity index (χ4v) is 4.67. The lowest BCUT2D eigenvalue weighted by Gasteiger charge is -2.33. The zero-order valence-electron chi connectivity index (χ0n) is 19.2. The fraction of sp³-hybridized carbons (Fsp3) is 0.345. The molecule has 3 aromatic carbocycles. The number of Topliss-reactive ketones (excluding diaryl/α,β-unsaturated/α-hetero) is 1. The van der Waals surface area contributed by atoms with Crippen LogP contribution in [-0.2, 0) is 17.6 Å². The Morgan fingerprint density at radius 3 is 2.03 bits per heavy atom. The minimum atomic E-state index is -0.475. The number of morpholine rings is 1. The molecule has 0 aliphatic carbocycles. The summed E-state index contributed by atoms with van der Waals surface area (Å²) in [5.74, 6) is 0.234. The highest BCUT2D eigenvalue weighted by atomic mass is 16.5. The van der Waals surface area contributed by atoms with Crippen molar-refractivity contribution in [2.45, 2.75) is 33.1 Å². The van der Waals surface area contributed by atoms with E-state index in [0.717, 1.165) is 56.8 Å². The van der Waals surface area contributed by atoms with Crippen molar-refractivity contribution in [1.29, 1.82) is 0 Å². The lowest BCUT2D eigenvalue weighted by Crippen LogP contribution is -2.37. The maximum absolute atomic E-state index is 14.0. The van der Waals surface area contributed by atoms with Crippen molar-refractivity contribution in [3.05, 3.63) is 101 Å². The molecule has 1 atom stereocenters. The summed E-state index contributed by atoms with van der Waals surface area (Å²) in [4.78, 5) is 16.3. The zero-order valence-corrected chi connectivity index (χ0v) is 19.2. The first-order valence-electron chi connectivity index (χ1n) is 11.7. The third-order valence-corrected chi connectivity index (χ3v) is 6.71. The molecular formula is C29H33NO2. The molecule has 3 nitrogen and oxygen atoms in total. The lowest BCUT2D eigenvalue weighted by molar-refractivity contribution is 0.0779. The lowest BCUT2D eigenvalue weighted by atomic mass is 9.69. The van der Waals surface area contributed by atoms with Crippen molar-refractivity contribution in [2.75, 3.05) is 31.2 Å². The highest BCUT2D eigenvalue weighted by Gasteiger charge is 2.37. The summed E-state index contributed by atoms with van der Waals surface area (Å²) in [7, 11) is 0. The molecule has 4 rings (SSSR count). The molecule has 1 unspecified atom stereocenters. The summed E-state index contributed by atoms with van der Waals surface area (Å²) in [5.41, 5.74) is 5.15. The first-order chi connectivity index (χ1) is 15.6. The van der Waals surface area contributed by atoms with Gasteiger partial charge < -0.3 is 9.64 Å². The molecule has 166 valence electrons. The van der Waals surface area contributed by atoms with Crippen LogP contribution in [0.4, 0.5) is 5.69 Å². The molecule has 1 fully saturated rings. The Bertz CT molecular complexity index is 1010. The van der Waals surface area contributed by atoms with E-state index >= 15 is 0 Å². The third kappa shape index (κ3) is 5.11. The van der Waals surface area contributed by atoms with E-state index in [1.807, 2.05) is 18.2 Å². The maximum Gasteiger partial charge on any atom is 0.169 e. The highest BCUT2D eigenvalue weighted by Crippen LogP contribution is 2.36. The van der Waals surface area contributed by atoms with Gasteiger partial charge in [-0.15, -0.1) is 0 Å². The summed E-state index contributed by atoms with van der Waals surface area (Å²) in [6.07, 6.45) is 2.27. The van der Waals surface area contributed by atoms with Gasteiger partial charge in [0.05, 0.1) is 13.2 Å². The van der Waals surface area contributed by atoms with Gasteiger partial charge in [-0.25, -0.2) is 0 Å². The molecule has 0 aromatic heterocycles. The van der Waals surface area contributed by atoms with Crippen molar-refractivity contribution >= 4 is 11.5 Å². The van der Waals surface area contributed by atoms with E-state index in [0.29, 0.717) is 0 Å². The van der Waals surface area contributed by atoms with E-state index in [1.165, 1.54) is 16.7 Å². The van der Waals surface area contributed by atoms with E-state index in [4.69, 9.17) is 4.74 Å². The van der Waals surface area contributed by atoms with Gasteiger partial charge in [0.15, 0.2) is 5.78 Å². The second-order valence-corrected chi connectivity index (χ2v) is 8.93. The van der Waals surface area contributed by atoms with Gasteiger partial charge in [-0.1, -0.05) is 67.1 Å². The third-order valence-electron chi connectivity index (χ3n) is 6.71. The second kappa shape index (κ2) is 10.1. The number of ether oxygens (including phenoxy) is 1. The molecule has 1 heterocycles. The van der Waals surface area contributed by atoms with E-state index in [2.05, 4.69) is 79.4 Å². The van der Waals surface area contributed by atoms with E-state index in [-0.39, 0.29) is 5.78 Å². The van der Waals surface area contributed by atoms with Crippen LogP contribution in [0.15, 0.2) is 78.9 Å². The molecule has 0 saturated carbocycles. The van der Waals surface area contributed by atoms with Gasteiger partial charge in [0.1, 0.15) is 0 Å². The first-order valence-corrected chi connectivity index (χ1v) is 11.7. The van der Waals surface area contributed by atoms with Crippen LogP contribution in [0.3, 0.4) is 0 Å². The Hall–Kier alpha value is -2.91. The van der Waals surface area contributed by atoms with Gasteiger partial charge >= 0.3 is 0 Å². The van der Waals surface area contributed by atoms with E-state index in [9.17, 15) is 4.79 Å². The molecule has 1 aliphatic rings. The number of rotatable bonds is 8. The van der Waals surface area contributed by atoms with Crippen molar-refractivity contribution < 1.29 is 9.53 Å². The summed E-state index contributed by atoms with van der Waals surface area (Å²) in [5, 5.41) is 0. The average Bonchev–Trinajstić information content (AvgIpc) is 2.86. The number of aryl methyl sites for hydroxylation is 1. The standard InChI is InChI=1S/C29H33NO2/c1-3-29(21-24-7-5-4-6-8-24,22-25-11-9-23(2)10-12-25)28(31)26-13-15-27(16-14-26)30-17-19-32-20-18-30/h4-16H,3,17-22H2,1-2H3. The molecule has 0 N–H and O–H groups in total. The topological polar surface area (TPSA) is 29.5 Å². The Balaban J connectivity index is 1.64. The number of anilines is 1. The molecule has 32 heavy (non-hydrogen) atoms. The summed E-state index contributed by atoms with van der Waals surface area (Å²) in [6, 6.07) is 27.2. The van der Waals surface area contributed by atoms with Crippen LogP contribution in [0.1, 0.15) is 40.4 Å². The van der Waals surface area contributed by atoms with Crippen molar-refractivity contribution in [1.82, 2.24) is 0 Å². The van der Waals surface area contributed by atoms with Crippen LogP contribution in [0, 0.1) is 12.3 Å². The van der Waals surface area contributed by atoms with Crippen molar-refractivity contribution in [2.24, 2.45) is 5.41 Å². The Labute approximate surface area is 192 Å². The van der Waals surface area contributed by atoms with E-state index in [1.54, 1.807) is 0 Å². The van der Waals surface area contributed by atoms with Crippen LogP contribution >= 0.6 is 0 Å². The fourth-order valence-electron chi connectivity index (χ4n) is 4.67. The Morgan fingerprint density at radius 2 is 1.44 bits per heavy atom. The molecular weight excluding hydrogens is 394 g/mol. The SMILES string of the molecule is CCC(Cc1ccccc1)(Cc1ccc(C)cc1)C(=O)c1ccc(N2CCOCC2)cc1. The molecule has 0 bridgehead atoms. The van der Waals surface area contributed by atoms with Gasteiger partial charge in [0.2, 0.25) is 0 Å². The summed E-state index contributed by atoms with van der Waals surface area (Å²) < 4.78 is 5.47. The van der Waals surface area contributed by atoms with Crippen molar-refractivity contribution in [3.63, 3.8) is 0 Å². The van der Waals surface area contributed by atoms with Crippen LogP contribution in [-0.4, -0.2) is 32.1 Å². The summed E-state index contributed by atoms with van der Waals surface area (Å²) in [6.45, 7) is 7.56. The number of ketones is 1. The number of benzene rings is 3. The van der Waals surface area contributed by atoms with Crippen LogP contribution in [0.2, 0.25) is 0 Å². The molecule has 0 radical (unpaired) electrons. The molecule has 1 saturated heterocycles. The minimum absolute atomic E-state index is 0.234. The van der Waals surface area contributed by atoms with Gasteiger partial charge in [-0.2, -0.15) is 0 Å². The van der Waals surface area contributed by atoms with Gasteiger partial charge in [-0.3, -0.25) is 4.79 Å². The van der Waals surface area contributed by atoms with Crippen molar-refractivity contribution in [3.8, 4) is 0 Å². The highest BCUT2D eigenvalue weighted by molar-refractivity contribution is 6.01. The number of hydrogen-bond acceptors (Lipinski definition) is 3. The van der Waals surface area contributed by atoms with Crippen LogP contribution < -0.4 is 4.90 Å². The minimum Gasteiger partial charge on any atom is -0.378 e. The molecule has 3 heteroatoms. The first kappa shape index (κ1) is 22.3. The molecule has 0 amide bonds. The van der Waals surface area contributed by atoms with Gasteiger partial charge in [0.25, 0.3) is 0 Å². The number of hydrogen-bond donors (Lipinski definition) is 0. The predicted octanol–water partition coefficient (Wildman–Crippen LogP) is 5.90. The normalized spacial score (nSPS) is 15.9. The second-order valence-electron chi connectivity index (χ2n) is 8.93. The maximum atomic E-state index is 14.0. The summed E-state index contributed by atoms with van der Waals surface area (Å²) >= 11 is 0. The monoisotopic (exact) mass is 427 g/mol. The number of carbonyl (C=O) groups is 1. The zero-order chi connectivity index (χ0) is 22.4. The molecule has 1 aliphatic heterocycles. The predicted molar refractivity (Wildman–Crippen MR) is 132 cm³/mol. The Morgan fingerprint density at radius 1 is 0.844 bits per heavy atom. The smallest absolute Gasteiger partial charge is 0.169 e. The number of carbonyl (C=O) groups excluding carboxylic acids is 1. The van der Waals surface area contributed by atoms with Gasteiger partial charge in [-0.05, 0) is 61.6 Å². The molecule has 0 spiro atoms. The largest absolute Gasteiger partial charge is 0.378 e. The Kier molecular flexibility index (Phi) is 7.06. The van der Waals surface area contributed by atoms with Gasteiger partial charge in [0, 0.05) is 29.8 Å². The van der Waals surface area contributed by atoms with Crippen LogP contribution in [0.5, 0.6) is 0 Å². The van der Waals surface area contributed by atoms with E-state index < -0.39 is 5.41 Å². The van der Waals surface area contributed by atoms with Crippen LogP contribution in [0.25, 0.3) is 0 Å². The molecule has 3 aromatic rings. The number of nitrogens with zero attached hydrogens (tertiary/aromatic N) is 1. The average molecular weight is 428 g/mol.